The quantitative estimate of drug-likeness (QED) is 0.586. The molecule has 5 heteroatoms. The Kier molecular flexibility index (Phi) is 3.77. The van der Waals surface area contributed by atoms with Gasteiger partial charge < -0.3 is 0 Å². The highest BCUT2D eigenvalue weighted by molar-refractivity contribution is 8.32. The lowest BCUT2D eigenvalue weighted by Gasteiger charge is -2.01. The number of carbonyl (C=O) groups excluding carboxylic acids is 1. The highest BCUT2D eigenvalue weighted by Gasteiger charge is 2.08. The molecular formula is C7H4Cl2OS2. The van der Waals surface area contributed by atoms with Crippen molar-refractivity contribution in [3.63, 3.8) is 0 Å². The molecular weight excluding hydrogens is 235 g/mol. The maximum Gasteiger partial charge on any atom is 0.247 e. The van der Waals surface area contributed by atoms with E-state index in [1.165, 1.54) is 0 Å². The molecule has 1 nitrogen and oxygen atoms in total. The molecule has 1 aromatic rings. The molecule has 1 rings (SSSR count). The predicted octanol–water partition coefficient (Wildman–Crippen LogP) is 4.14. The summed E-state index contributed by atoms with van der Waals surface area (Å²) in [6.07, 6.45) is 0. The van der Waals surface area contributed by atoms with Crippen molar-refractivity contribution in [3.8, 4) is 0 Å². The molecule has 0 amide bonds. The van der Waals surface area contributed by atoms with E-state index in [1.807, 2.05) is 0 Å². The Morgan fingerprint density at radius 1 is 1.33 bits per heavy atom. The molecule has 0 spiro atoms. The van der Waals surface area contributed by atoms with Crippen molar-refractivity contribution < 1.29 is 4.79 Å². The molecule has 0 unspecified atom stereocenters. The van der Waals surface area contributed by atoms with Gasteiger partial charge in [-0.3, -0.25) is 4.79 Å². The van der Waals surface area contributed by atoms with Crippen LogP contribution in [0.1, 0.15) is 0 Å². The summed E-state index contributed by atoms with van der Waals surface area (Å²) in [5, 5.41) is 0.935. The Hall–Kier alpha value is 0.170. The van der Waals surface area contributed by atoms with Crippen molar-refractivity contribution in [1.82, 2.24) is 0 Å². The summed E-state index contributed by atoms with van der Waals surface area (Å²) in [6.45, 7) is 0. The SMILES string of the molecule is O=C(S)Sc1c(Cl)cccc1Cl. The van der Waals surface area contributed by atoms with Crippen LogP contribution in [-0.2, 0) is 0 Å². The summed E-state index contributed by atoms with van der Waals surface area (Å²) in [4.78, 5) is 11.2. The number of benzene rings is 1. The first-order valence-corrected chi connectivity index (χ1v) is 4.98. The Labute approximate surface area is 89.8 Å². The van der Waals surface area contributed by atoms with Gasteiger partial charge in [-0.25, -0.2) is 0 Å². The molecule has 0 saturated carbocycles. The van der Waals surface area contributed by atoms with E-state index in [0.29, 0.717) is 14.9 Å². The van der Waals surface area contributed by atoms with Crippen LogP contribution in [0.15, 0.2) is 23.1 Å². The first kappa shape index (κ1) is 10.3. The zero-order valence-electron chi connectivity index (χ0n) is 5.75. The Morgan fingerprint density at radius 3 is 2.25 bits per heavy atom. The number of rotatable bonds is 1. The molecule has 12 heavy (non-hydrogen) atoms. The first-order valence-electron chi connectivity index (χ1n) is 2.96. The van der Waals surface area contributed by atoms with Crippen LogP contribution >= 0.6 is 47.6 Å². The van der Waals surface area contributed by atoms with E-state index >= 15 is 0 Å². The fraction of sp³-hybridized carbons (Fsp3) is 0. The van der Waals surface area contributed by atoms with Crippen LogP contribution in [0.25, 0.3) is 0 Å². The van der Waals surface area contributed by atoms with Crippen molar-refractivity contribution >= 4 is 52.0 Å². The second-order valence-corrected chi connectivity index (χ2v) is 4.43. The van der Waals surface area contributed by atoms with Gasteiger partial charge in [-0.05, 0) is 23.9 Å². The van der Waals surface area contributed by atoms with Crippen LogP contribution in [0.3, 0.4) is 0 Å². The van der Waals surface area contributed by atoms with Gasteiger partial charge in [0.05, 0.1) is 14.9 Å². The first-order chi connectivity index (χ1) is 5.61. The minimum absolute atomic E-state index is 0.329. The molecule has 64 valence electrons. The zero-order valence-corrected chi connectivity index (χ0v) is 8.97. The van der Waals surface area contributed by atoms with Gasteiger partial charge in [-0.1, -0.05) is 41.9 Å². The third-order valence-electron chi connectivity index (χ3n) is 1.11. The van der Waals surface area contributed by atoms with Crippen LogP contribution in [0.4, 0.5) is 4.79 Å². The number of halogens is 2. The molecule has 0 N–H and O–H groups in total. The average Bonchev–Trinajstić information content (AvgIpc) is 1.97. The lowest BCUT2D eigenvalue weighted by atomic mass is 10.4. The van der Waals surface area contributed by atoms with Crippen molar-refractivity contribution in [3.05, 3.63) is 28.2 Å². The van der Waals surface area contributed by atoms with E-state index < -0.39 is 0 Å². The van der Waals surface area contributed by atoms with Gasteiger partial charge in [0, 0.05) is 0 Å². The largest absolute Gasteiger partial charge is 0.274 e. The average molecular weight is 239 g/mol. The fourth-order valence-corrected chi connectivity index (χ4v) is 2.08. The maximum absolute atomic E-state index is 10.6. The van der Waals surface area contributed by atoms with Crippen molar-refractivity contribution in [2.75, 3.05) is 0 Å². The standard InChI is InChI=1S/C7H4Cl2OS2/c8-4-2-1-3-5(9)6(4)12-7(10)11/h1-3H,(H,10,11). The molecule has 1 aromatic carbocycles. The molecule has 0 aliphatic rings. The third-order valence-corrected chi connectivity index (χ3v) is 3.05. The zero-order chi connectivity index (χ0) is 9.14. The summed E-state index contributed by atoms with van der Waals surface area (Å²) in [6, 6.07) is 5.07. The highest BCUT2D eigenvalue weighted by atomic mass is 35.5. The van der Waals surface area contributed by atoms with Gasteiger partial charge in [-0.15, -0.1) is 0 Å². The fourth-order valence-electron chi connectivity index (χ4n) is 0.667. The summed E-state index contributed by atoms with van der Waals surface area (Å²) in [7, 11) is 0. The maximum atomic E-state index is 10.6. The van der Waals surface area contributed by atoms with E-state index in [9.17, 15) is 4.79 Å². The van der Waals surface area contributed by atoms with Crippen LogP contribution in [0.5, 0.6) is 0 Å². The smallest absolute Gasteiger partial charge is 0.247 e. The minimum Gasteiger partial charge on any atom is -0.274 e. The minimum atomic E-state index is -0.329. The molecule has 0 fully saturated rings. The van der Waals surface area contributed by atoms with Gasteiger partial charge in [0.2, 0.25) is 4.45 Å². The number of carbonyl (C=O) groups is 1. The summed E-state index contributed by atoms with van der Waals surface area (Å²) < 4.78 is -0.329. The predicted molar refractivity (Wildman–Crippen MR) is 56.7 cm³/mol. The Morgan fingerprint density at radius 2 is 1.83 bits per heavy atom. The number of thiol groups is 1. The second-order valence-electron chi connectivity index (χ2n) is 1.92. The topological polar surface area (TPSA) is 17.1 Å². The number of hydrogen-bond acceptors (Lipinski definition) is 2. The van der Waals surface area contributed by atoms with Crippen LogP contribution in [-0.4, -0.2) is 4.45 Å². The van der Waals surface area contributed by atoms with Crippen molar-refractivity contribution in [2.24, 2.45) is 0 Å². The summed E-state index contributed by atoms with van der Waals surface area (Å²) in [5.41, 5.74) is 0. The lowest BCUT2D eigenvalue weighted by molar-refractivity contribution is 0.277. The molecule has 0 atom stereocenters. The molecule has 0 bridgehead atoms. The monoisotopic (exact) mass is 238 g/mol. The summed E-state index contributed by atoms with van der Waals surface area (Å²) in [5.74, 6) is 0. The van der Waals surface area contributed by atoms with Crippen LogP contribution in [0.2, 0.25) is 10.0 Å². The van der Waals surface area contributed by atoms with Gasteiger partial charge >= 0.3 is 0 Å². The van der Waals surface area contributed by atoms with E-state index in [2.05, 4.69) is 12.6 Å². The van der Waals surface area contributed by atoms with Crippen LogP contribution in [0, 0.1) is 0 Å². The Balaban J connectivity index is 3.04. The number of hydrogen-bond donors (Lipinski definition) is 1. The van der Waals surface area contributed by atoms with Gasteiger partial charge in [0.1, 0.15) is 0 Å². The van der Waals surface area contributed by atoms with E-state index in [-0.39, 0.29) is 4.45 Å². The lowest BCUT2D eigenvalue weighted by Crippen LogP contribution is -1.79. The van der Waals surface area contributed by atoms with Gasteiger partial charge in [-0.2, -0.15) is 0 Å². The third kappa shape index (κ3) is 2.59. The van der Waals surface area contributed by atoms with Crippen LogP contribution < -0.4 is 0 Å². The van der Waals surface area contributed by atoms with E-state index in [1.54, 1.807) is 18.2 Å². The molecule has 0 aliphatic carbocycles. The Bertz CT molecular complexity index is 294. The molecule has 0 heterocycles. The van der Waals surface area contributed by atoms with E-state index in [0.717, 1.165) is 11.8 Å². The molecule has 0 aromatic heterocycles. The number of thioether (sulfide) groups is 1. The van der Waals surface area contributed by atoms with Gasteiger partial charge in [0.25, 0.3) is 0 Å². The highest BCUT2D eigenvalue weighted by Crippen LogP contribution is 2.34. The van der Waals surface area contributed by atoms with Gasteiger partial charge in [0.15, 0.2) is 0 Å². The molecule has 0 aliphatic heterocycles. The normalized spacial score (nSPS) is 9.92. The molecule has 0 radical (unpaired) electrons. The van der Waals surface area contributed by atoms with E-state index in [4.69, 9.17) is 23.2 Å². The second kappa shape index (κ2) is 4.42. The summed E-state index contributed by atoms with van der Waals surface area (Å²) >= 11 is 16.1. The van der Waals surface area contributed by atoms with Crippen molar-refractivity contribution in [2.45, 2.75) is 4.90 Å². The molecule has 0 saturated heterocycles. The van der Waals surface area contributed by atoms with Crippen molar-refractivity contribution in [1.29, 1.82) is 0 Å².